The average molecular weight is 260 g/mol. The van der Waals surface area contributed by atoms with E-state index in [1.807, 2.05) is 31.2 Å². The maximum Gasteiger partial charge on any atom is 0.226 e. The van der Waals surface area contributed by atoms with Gasteiger partial charge in [-0.15, -0.1) is 11.6 Å². The van der Waals surface area contributed by atoms with Crippen LogP contribution in [0.2, 0.25) is 5.02 Å². The highest BCUT2D eigenvalue weighted by Gasteiger charge is 2.17. The van der Waals surface area contributed by atoms with Crippen molar-refractivity contribution in [3.8, 4) is 0 Å². The smallest absolute Gasteiger partial charge is 0.226 e. The summed E-state index contributed by atoms with van der Waals surface area (Å²) in [6, 6.07) is 7.51. The molecule has 88 valence electrons. The summed E-state index contributed by atoms with van der Waals surface area (Å²) in [6.45, 7) is 2.33. The van der Waals surface area contributed by atoms with Crippen LogP contribution < -0.4 is 0 Å². The van der Waals surface area contributed by atoms with Gasteiger partial charge in [-0.3, -0.25) is 4.79 Å². The highest BCUT2D eigenvalue weighted by molar-refractivity contribution is 6.31. The fourth-order valence-electron chi connectivity index (χ4n) is 1.40. The van der Waals surface area contributed by atoms with Crippen molar-refractivity contribution >= 4 is 29.1 Å². The van der Waals surface area contributed by atoms with Crippen molar-refractivity contribution in [3.05, 3.63) is 34.9 Å². The number of benzene rings is 1. The van der Waals surface area contributed by atoms with Crippen LogP contribution >= 0.6 is 23.2 Å². The highest BCUT2D eigenvalue weighted by Crippen LogP contribution is 2.17. The highest BCUT2D eigenvalue weighted by atomic mass is 35.5. The summed E-state index contributed by atoms with van der Waals surface area (Å²) >= 11 is 11.7. The fourth-order valence-corrected chi connectivity index (χ4v) is 1.73. The third-order valence-corrected chi connectivity index (χ3v) is 3.23. The molecule has 0 heterocycles. The lowest BCUT2D eigenvalue weighted by molar-refractivity contribution is -0.133. The van der Waals surface area contributed by atoms with Crippen LogP contribution in [-0.2, 0) is 11.3 Å². The summed E-state index contributed by atoms with van der Waals surface area (Å²) in [5, 5.41) is 0.681. The van der Waals surface area contributed by atoms with Gasteiger partial charge in [-0.1, -0.05) is 36.7 Å². The zero-order valence-corrected chi connectivity index (χ0v) is 10.9. The predicted molar refractivity (Wildman–Crippen MR) is 67.8 cm³/mol. The molecule has 1 unspecified atom stereocenters. The second-order valence-electron chi connectivity index (χ2n) is 3.84. The van der Waals surface area contributed by atoms with E-state index in [4.69, 9.17) is 23.2 Å². The molecule has 0 aliphatic heterocycles. The van der Waals surface area contributed by atoms with Crippen LogP contribution in [-0.4, -0.2) is 23.7 Å². The minimum absolute atomic E-state index is 0.0370. The maximum atomic E-state index is 11.8. The van der Waals surface area contributed by atoms with Gasteiger partial charge >= 0.3 is 0 Å². The zero-order chi connectivity index (χ0) is 12.1. The SMILES string of the molecule is CC(CCl)C(=O)N(C)Cc1ccccc1Cl. The number of halogens is 2. The van der Waals surface area contributed by atoms with Crippen molar-refractivity contribution in [1.82, 2.24) is 4.90 Å². The van der Waals surface area contributed by atoms with Crippen LogP contribution in [0, 0.1) is 5.92 Å². The topological polar surface area (TPSA) is 20.3 Å². The Morgan fingerprint density at radius 3 is 2.62 bits per heavy atom. The maximum absolute atomic E-state index is 11.8. The number of rotatable bonds is 4. The predicted octanol–water partition coefficient (Wildman–Crippen LogP) is 3.17. The van der Waals surface area contributed by atoms with Crippen molar-refractivity contribution in [3.63, 3.8) is 0 Å². The van der Waals surface area contributed by atoms with Gasteiger partial charge in [-0.25, -0.2) is 0 Å². The summed E-state index contributed by atoms with van der Waals surface area (Å²) < 4.78 is 0. The van der Waals surface area contributed by atoms with Gasteiger partial charge in [0.15, 0.2) is 0 Å². The summed E-state index contributed by atoms with van der Waals surface area (Å²) in [5.41, 5.74) is 0.946. The van der Waals surface area contributed by atoms with E-state index in [1.54, 1.807) is 11.9 Å². The number of carbonyl (C=O) groups excluding carboxylic acids is 1. The number of alkyl halides is 1. The molecule has 1 amide bonds. The van der Waals surface area contributed by atoms with E-state index >= 15 is 0 Å². The Bertz CT molecular complexity index is 368. The molecule has 0 spiro atoms. The Morgan fingerprint density at radius 2 is 2.06 bits per heavy atom. The van der Waals surface area contributed by atoms with Crippen LogP contribution in [0.15, 0.2) is 24.3 Å². The molecule has 0 radical (unpaired) electrons. The van der Waals surface area contributed by atoms with Gasteiger partial charge in [-0.2, -0.15) is 0 Å². The third kappa shape index (κ3) is 3.39. The number of amides is 1. The lowest BCUT2D eigenvalue weighted by Gasteiger charge is -2.20. The van der Waals surface area contributed by atoms with Gasteiger partial charge in [-0.05, 0) is 11.6 Å². The van der Waals surface area contributed by atoms with E-state index in [9.17, 15) is 4.79 Å². The Kier molecular flexibility index (Phi) is 5.10. The summed E-state index contributed by atoms with van der Waals surface area (Å²) in [4.78, 5) is 13.4. The molecular formula is C12H15Cl2NO. The number of carbonyl (C=O) groups is 1. The van der Waals surface area contributed by atoms with Gasteiger partial charge in [0, 0.05) is 30.4 Å². The lowest BCUT2D eigenvalue weighted by atomic mass is 10.1. The summed E-state index contributed by atoms with van der Waals surface area (Å²) in [6.07, 6.45) is 0. The minimum atomic E-state index is -0.158. The summed E-state index contributed by atoms with van der Waals surface area (Å²) in [7, 11) is 1.76. The third-order valence-electron chi connectivity index (χ3n) is 2.39. The second-order valence-corrected chi connectivity index (χ2v) is 4.56. The first-order chi connectivity index (χ1) is 7.56. The van der Waals surface area contributed by atoms with Crippen LogP contribution in [0.5, 0.6) is 0 Å². The molecule has 0 saturated carbocycles. The molecule has 1 aromatic carbocycles. The molecule has 2 nitrogen and oxygen atoms in total. The molecule has 0 aromatic heterocycles. The van der Waals surface area contributed by atoms with Gasteiger partial charge in [0.25, 0.3) is 0 Å². The Labute approximate surface area is 106 Å². The summed E-state index contributed by atoms with van der Waals surface area (Å²) in [5.74, 6) is 0.218. The van der Waals surface area contributed by atoms with E-state index < -0.39 is 0 Å². The first-order valence-electron chi connectivity index (χ1n) is 5.10. The monoisotopic (exact) mass is 259 g/mol. The van der Waals surface area contributed by atoms with E-state index in [0.29, 0.717) is 17.4 Å². The second kappa shape index (κ2) is 6.12. The molecule has 0 aliphatic carbocycles. The molecule has 0 N–H and O–H groups in total. The van der Waals surface area contributed by atoms with E-state index in [-0.39, 0.29) is 11.8 Å². The van der Waals surface area contributed by atoms with Crippen LogP contribution in [0.1, 0.15) is 12.5 Å². The average Bonchev–Trinajstić information content (AvgIpc) is 2.30. The minimum Gasteiger partial charge on any atom is -0.341 e. The molecule has 4 heteroatoms. The normalized spacial score (nSPS) is 12.2. The molecule has 1 rings (SSSR count). The van der Waals surface area contributed by atoms with Gasteiger partial charge in [0.1, 0.15) is 0 Å². The molecule has 1 atom stereocenters. The molecule has 1 aromatic rings. The number of nitrogens with zero attached hydrogens (tertiary/aromatic N) is 1. The Morgan fingerprint density at radius 1 is 1.44 bits per heavy atom. The van der Waals surface area contributed by atoms with Crippen molar-refractivity contribution < 1.29 is 4.79 Å². The van der Waals surface area contributed by atoms with Crippen LogP contribution in [0.3, 0.4) is 0 Å². The van der Waals surface area contributed by atoms with Crippen molar-refractivity contribution in [2.75, 3.05) is 12.9 Å². The largest absolute Gasteiger partial charge is 0.341 e. The van der Waals surface area contributed by atoms with E-state index in [0.717, 1.165) is 5.56 Å². The molecule has 16 heavy (non-hydrogen) atoms. The molecular weight excluding hydrogens is 245 g/mol. The van der Waals surface area contributed by atoms with Crippen molar-refractivity contribution in [2.24, 2.45) is 5.92 Å². The number of hydrogen-bond acceptors (Lipinski definition) is 1. The van der Waals surface area contributed by atoms with Gasteiger partial charge in [0.2, 0.25) is 5.91 Å². The Balaban J connectivity index is 2.68. The van der Waals surface area contributed by atoms with E-state index in [1.165, 1.54) is 0 Å². The fraction of sp³-hybridized carbons (Fsp3) is 0.417. The van der Waals surface area contributed by atoms with Crippen LogP contribution in [0.25, 0.3) is 0 Å². The standard InChI is InChI=1S/C12H15Cl2NO/c1-9(7-13)12(16)15(2)8-10-5-3-4-6-11(10)14/h3-6,9H,7-8H2,1-2H3. The van der Waals surface area contributed by atoms with Crippen molar-refractivity contribution in [1.29, 1.82) is 0 Å². The van der Waals surface area contributed by atoms with Crippen molar-refractivity contribution in [2.45, 2.75) is 13.5 Å². The Hall–Kier alpha value is -0.730. The quantitative estimate of drug-likeness (QED) is 0.761. The molecule has 0 fully saturated rings. The van der Waals surface area contributed by atoms with E-state index in [2.05, 4.69) is 0 Å². The number of hydrogen-bond donors (Lipinski definition) is 0. The molecule has 0 aliphatic rings. The molecule has 0 bridgehead atoms. The van der Waals surface area contributed by atoms with Gasteiger partial charge in [0.05, 0.1) is 0 Å². The zero-order valence-electron chi connectivity index (χ0n) is 9.41. The van der Waals surface area contributed by atoms with Crippen LogP contribution in [0.4, 0.5) is 0 Å². The lowest BCUT2D eigenvalue weighted by Crippen LogP contribution is -2.32. The first-order valence-corrected chi connectivity index (χ1v) is 6.02. The molecule has 0 saturated heterocycles. The first kappa shape index (κ1) is 13.3. The van der Waals surface area contributed by atoms with Gasteiger partial charge < -0.3 is 4.90 Å².